The van der Waals surface area contributed by atoms with Gasteiger partial charge >= 0.3 is 5.97 Å². The van der Waals surface area contributed by atoms with Gasteiger partial charge in [0.15, 0.2) is 0 Å². The third-order valence-electron chi connectivity index (χ3n) is 4.39. The molecule has 1 aliphatic heterocycles. The molecule has 1 heterocycles. The number of carbonyl (C=O) groups is 2. The van der Waals surface area contributed by atoms with E-state index in [-0.39, 0.29) is 9.52 Å². The first kappa shape index (κ1) is 18.8. The summed E-state index contributed by atoms with van der Waals surface area (Å²) in [7, 11) is 1.19. The number of halogens is 3. The van der Waals surface area contributed by atoms with E-state index in [2.05, 4.69) is 0 Å². The summed E-state index contributed by atoms with van der Waals surface area (Å²) in [6.07, 6.45) is 0. The van der Waals surface area contributed by atoms with Gasteiger partial charge in [0.2, 0.25) is 5.41 Å². The molecule has 1 fully saturated rings. The summed E-state index contributed by atoms with van der Waals surface area (Å²) in [5.74, 6) is -1.36. The molecule has 26 heavy (non-hydrogen) atoms. The molecule has 0 aliphatic carbocycles. The molecule has 0 bridgehead atoms. The Hall–Kier alpha value is -2.01. The minimum Gasteiger partial charge on any atom is -0.468 e. The van der Waals surface area contributed by atoms with Crippen LogP contribution in [0.25, 0.3) is 0 Å². The molecule has 1 aliphatic rings. The van der Waals surface area contributed by atoms with E-state index in [1.165, 1.54) is 12.0 Å². The van der Waals surface area contributed by atoms with E-state index in [1.54, 1.807) is 36.4 Å². The van der Waals surface area contributed by atoms with Crippen LogP contribution in [0.1, 0.15) is 11.6 Å². The maximum absolute atomic E-state index is 13.2. The highest BCUT2D eigenvalue weighted by atomic mass is 35.5. The number of hydrogen-bond donors (Lipinski definition) is 0. The zero-order valence-electron chi connectivity index (χ0n) is 13.7. The Bertz CT molecular complexity index is 866. The Balaban J connectivity index is 2.25. The first-order valence-corrected chi connectivity index (χ1v) is 8.83. The number of anilines is 1. The highest BCUT2D eigenvalue weighted by Gasteiger charge is 2.70. The van der Waals surface area contributed by atoms with Gasteiger partial charge in [-0.25, -0.2) is 0 Å². The van der Waals surface area contributed by atoms with Crippen LogP contribution in [0.2, 0.25) is 0 Å². The van der Waals surface area contributed by atoms with Crippen LogP contribution < -0.4 is 4.90 Å². The third-order valence-corrected chi connectivity index (χ3v) is 5.45. The summed E-state index contributed by atoms with van der Waals surface area (Å²) < 4.78 is 4.56. The van der Waals surface area contributed by atoms with Gasteiger partial charge in [-0.3, -0.25) is 9.59 Å². The second-order valence-electron chi connectivity index (χ2n) is 5.70. The zero-order chi connectivity index (χ0) is 18.9. The standard InChI is InChI=1S/C19H14Cl3NO3/c1-26-18(25)19(14(20)16(21)22)15(12-8-4-2-5-9-12)23(17(19)24)13-10-6-3-7-11-13/h2-11,15H,1H3. The molecule has 0 aromatic heterocycles. The first-order chi connectivity index (χ1) is 12.5. The number of methoxy groups -OCH3 is 1. The van der Waals surface area contributed by atoms with Gasteiger partial charge in [0.1, 0.15) is 4.49 Å². The minimum absolute atomic E-state index is 0.251. The van der Waals surface area contributed by atoms with Crippen molar-refractivity contribution in [3.63, 3.8) is 0 Å². The van der Waals surface area contributed by atoms with Gasteiger partial charge in [-0.15, -0.1) is 0 Å². The van der Waals surface area contributed by atoms with Crippen LogP contribution >= 0.6 is 34.8 Å². The summed E-state index contributed by atoms with van der Waals surface area (Å²) >= 11 is 18.1. The molecule has 0 spiro atoms. The second-order valence-corrected chi connectivity index (χ2v) is 7.03. The first-order valence-electron chi connectivity index (χ1n) is 7.69. The molecule has 1 amide bonds. The Morgan fingerprint density at radius 1 is 1.00 bits per heavy atom. The zero-order valence-corrected chi connectivity index (χ0v) is 15.9. The van der Waals surface area contributed by atoms with Crippen LogP contribution in [0, 0.1) is 5.41 Å². The van der Waals surface area contributed by atoms with Crippen molar-refractivity contribution in [2.45, 2.75) is 6.04 Å². The van der Waals surface area contributed by atoms with E-state index in [4.69, 9.17) is 39.5 Å². The van der Waals surface area contributed by atoms with E-state index in [1.807, 2.05) is 24.3 Å². The molecule has 7 heteroatoms. The Labute approximate surface area is 165 Å². The molecular weight excluding hydrogens is 397 g/mol. The average molecular weight is 411 g/mol. The van der Waals surface area contributed by atoms with Crippen molar-refractivity contribution in [2.75, 3.05) is 12.0 Å². The maximum atomic E-state index is 13.2. The van der Waals surface area contributed by atoms with Crippen molar-refractivity contribution in [1.82, 2.24) is 0 Å². The SMILES string of the molecule is COC(=O)C1(C(Cl)=C(Cl)Cl)C(=O)N(c2ccccc2)C1c1ccccc1. The van der Waals surface area contributed by atoms with E-state index in [9.17, 15) is 9.59 Å². The summed E-state index contributed by atoms with van der Waals surface area (Å²) in [5.41, 5.74) is -0.498. The van der Waals surface area contributed by atoms with Crippen molar-refractivity contribution in [3.05, 3.63) is 75.8 Å². The topological polar surface area (TPSA) is 46.6 Å². The van der Waals surface area contributed by atoms with Crippen LogP contribution in [-0.4, -0.2) is 19.0 Å². The molecule has 0 radical (unpaired) electrons. The third kappa shape index (κ3) is 2.69. The van der Waals surface area contributed by atoms with Gasteiger partial charge in [-0.05, 0) is 17.7 Å². The number of carbonyl (C=O) groups excluding carboxylic acids is 2. The maximum Gasteiger partial charge on any atom is 0.329 e. The largest absolute Gasteiger partial charge is 0.468 e. The number of nitrogens with zero attached hydrogens (tertiary/aromatic N) is 1. The van der Waals surface area contributed by atoms with Crippen LogP contribution in [0.3, 0.4) is 0 Å². The number of ether oxygens (including phenoxy) is 1. The van der Waals surface area contributed by atoms with Gasteiger partial charge < -0.3 is 9.64 Å². The number of β-lactam (4-membered cyclic amide) rings is 1. The minimum atomic E-state index is -1.83. The van der Waals surface area contributed by atoms with Gasteiger partial charge in [0, 0.05) is 5.69 Å². The van der Waals surface area contributed by atoms with Crippen LogP contribution in [-0.2, 0) is 14.3 Å². The van der Waals surface area contributed by atoms with Crippen molar-refractivity contribution in [3.8, 4) is 0 Å². The van der Waals surface area contributed by atoms with Gasteiger partial charge in [0.05, 0.1) is 18.2 Å². The average Bonchev–Trinajstić information content (AvgIpc) is 2.67. The Morgan fingerprint density at radius 3 is 2.04 bits per heavy atom. The molecule has 2 atom stereocenters. The normalized spacial score (nSPS) is 21.8. The van der Waals surface area contributed by atoms with Crippen LogP contribution in [0.15, 0.2) is 70.2 Å². The summed E-state index contributed by atoms with van der Waals surface area (Å²) in [4.78, 5) is 27.4. The highest BCUT2D eigenvalue weighted by Crippen LogP contribution is 2.59. The fraction of sp³-hybridized carbons (Fsp3) is 0.158. The molecule has 0 N–H and O–H groups in total. The van der Waals surface area contributed by atoms with Crippen LogP contribution in [0.5, 0.6) is 0 Å². The summed E-state index contributed by atoms with van der Waals surface area (Å²) in [6, 6.07) is 17.3. The van der Waals surface area contributed by atoms with Gasteiger partial charge in [0.25, 0.3) is 5.91 Å². The molecule has 1 saturated heterocycles. The number of esters is 1. The van der Waals surface area contributed by atoms with Gasteiger partial charge in [-0.1, -0.05) is 83.3 Å². The molecule has 2 aromatic rings. The van der Waals surface area contributed by atoms with Crippen LogP contribution in [0.4, 0.5) is 5.69 Å². The van der Waals surface area contributed by atoms with Crippen molar-refractivity contribution < 1.29 is 14.3 Å². The smallest absolute Gasteiger partial charge is 0.329 e. The Morgan fingerprint density at radius 2 is 1.54 bits per heavy atom. The Kier molecular flexibility index (Phi) is 5.28. The quantitative estimate of drug-likeness (QED) is 0.412. The molecule has 0 saturated carbocycles. The molecule has 2 aromatic carbocycles. The molecule has 134 valence electrons. The van der Waals surface area contributed by atoms with Gasteiger partial charge in [-0.2, -0.15) is 0 Å². The number of hydrogen-bond acceptors (Lipinski definition) is 3. The van der Waals surface area contributed by atoms with E-state index < -0.39 is 23.3 Å². The fourth-order valence-electron chi connectivity index (χ4n) is 3.25. The molecule has 4 nitrogen and oxygen atoms in total. The molecular formula is C19H14Cl3NO3. The lowest BCUT2D eigenvalue weighted by Gasteiger charge is -2.53. The number of amides is 1. The summed E-state index contributed by atoms with van der Waals surface area (Å²) in [5, 5.41) is -0.251. The molecule has 3 rings (SSSR count). The monoisotopic (exact) mass is 409 g/mol. The highest BCUT2D eigenvalue weighted by molar-refractivity contribution is 6.60. The van der Waals surface area contributed by atoms with E-state index in [0.29, 0.717) is 11.3 Å². The predicted molar refractivity (Wildman–Crippen MR) is 102 cm³/mol. The lowest BCUT2D eigenvalue weighted by atomic mass is 9.67. The fourth-order valence-corrected chi connectivity index (χ4v) is 3.81. The number of para-hydroxylation sites is 1. The predicted octanol–water partition coefficient (Wildman–Crippen LogP) is 4.82. The summed E-state index contributed by atoms with van der Waals surface area (Å²) in [6.45, 7) is 0. The van der Waals surface area contributed by atoms with E-state index >= 15 is 0 Å². The molecule has 2 unspecified atom stereocenters. The lowest BCUT2D eigenvalue weighted by Crippen LogP contribution is -2.68. The van der Waals surface area contributed by atoms with Crippen molar-refractivity contribution >= 4 is 52.4 Å². The lowest BCUT2D eigenvalue weighted by molar-refractivity contribution is -0.162. The van der Waals surface area contributed by atoms with Crippen molar-refractivity contribution in [2.24, 2.45) is 5.41 Å². The number of rotatable bonds is 4. The second kappa shape index (κ2) is 7.31. The van der Waals surface area contributed by atoms with Crippen molar-refractivity contribution in [1.29, 1.82) is 0 Å². The van der Waals surface area contributed by atoms with E-state index in [0.717, 1.165) is 0 Å². The number of benzene rings is 2.